The van der Waals surface area contributed by atoms with Crippen molar-refractivity contribution in [2.24, 2.45) is 5.92 Å². The van der Waals surface area contributed by atoms with Gasteiger partial charge in [-0.1, -0.05) is 13.8 Å². The van der Waals surface area contributed by atoms with Crippen molar-refractivity contribution in [1.82, 2.24) is 5.32 Å². The van der Waals surface area contributed by atoms with Crippen LogP contribution in [0.15, 0.2) is 18.2 Å². The maximum atomic E-state index is 13.2. The molecule has 0 bridgehead atoms. The molecule has 1 fully saturated rings. The monoisotopic (exact) mass is 376 g/mol. The average Bonchev–Trinajstić information content (AvgIpc) is 2.32. The Labute approximate surface area is 124 Å². The van der Waals surface area contributed by atoms with Crippen molar-refractivity contribution in [3.8, 4) is 0 Å². The second-order valence-electron chi connectivity index (χ2n) is 4.77. The maximum absolute atomic E-state index is 13.2. The van der Waals surface area contributed by atoms with E-state index in [2.05, 4.69) is 5.32 Å². The molecule has 1 aromatic carbocycles. The molecule has 0 spiro atoms. The third-order valence-electron chi connectivity index (χ3n) is 3.03. The topological polar surface area (TPSA) is 49.4 Å². The van der Waals surface area contributed by atoms with E-state index < -0.39 is 6.04 Å². The zero-order valence-electron chi connectivity index (χ0n) is 10.6. The van der Waals surface area contributed by atoms with Crippen molar-refractivity contribution in [3.05, 3.63) is 27.6 Å². The van der Waals surface area contributed by atoms with Crippen molar-refractivity contribution in [2.45, 2.75) is 19.9 Å². The SMILES string of the molecule is CC(C)C1C(=O)NCC(=O)N1c1ccc(F)cc1I. The normalized spacial score (nSPS) is 19.8. The van der Waals surface area contributed by atoms with Gasteiger partial charge in [-0.2, -0.15) is 0 Å². The molecule has 0 aromatic heterocycles. The molecule has 1 N–H and O–H groups in total. The molecule has 2 amide bonds. The van der Waals surface area contributed by atoms with Gasteiger partial charge in [-0.15, -0.1) is 0 Å². The molecule has 0 radical (unpaired) electrons. The number of halogens is 2. The van der Waals surface area contributed by atoms with E-state index in [4.69, 9.17) is 0 Å². The number of carbonyl (C=O) groups excluding carboxylic acids is 2. The number of nitrogens with zero attached hydrogens (tertiary/aromatic N) is 1. The maximum Gasteiger partial charge on any atom is 0.247 e. The summed E-state index contributed by atoms with van der Waals surface area (Å²) in [6.07, 6.45) is 0. The minimum atomic E-state index is -0.555. The minimum absolute atomic E-state index is 0.0183. The Morgan fingerprint density at radius 3 is 2.68 bits per heavy atom. The fraction of sp³-hybridized carbons (Fsp3) is 0.385. The van der Waals surface area contributed by atoms with Crippen molar-refractivity contribution in [2.75, 3.05) is 11.4 Å². The standard InChI is InChI=1S/C13H14FIN2O2/c1-7(2)12-13(19)16-6-11(18)17(12)10-4-3-8(14)5-9(10)15/h3-5,7,12H,6H2,1-2H3,(H,16,19). The van der Waals surface area contributed by atoms with Crippen LogP contribution in [0, 0.1) is 15.3 Å². The fourth-order valence-electron chi connectivity index (χ4n) is 2.19. The van der Waals surface area contributed by atoms with Gasteiger partial charge in [-0.3, -0.25) is 14.5 Å². The van der Waals surface area contributed by atoms with E-state index in [0.717, 1.165) is 0 Å². The number of hydrogen-bond acceptors (Lipinski definition) is 2. The first-order valence-electron chi connectivity index (χ1n) is 5.96. The highest BCUT2D eigenvalue weighted by atomic mass is 127. The number of benzene rings is 1. The molecule has 1 atom stereocenters. The van der Waals surface area contributed by atoms with E-state index >= 15 is 0 Å². The predicted octanol–water partition coefficient (Wildman–Crippen LogP) is 1.92. The van der Waals surface area contributed by atoms with E-state index in [1.807, 2.05) is 36.4 Å². The highest BCUT2D eigenvalue weighted by Crippen LogP contribution is 2.28. The van der Waals surface area contributed by atoms with Crippen LogP contribution >= 0.6 is 22.6 Å². The summed E-state index contributed by atoms with van der Waals surface area (Å²) in [5.74, 6) is -0.731. The molecule has 1 unspecified atom stereocenters. The van der Waals surface area contributed by atoms with Crippen LogP contribution in [0.3, 0.4) is 0 Å². The number of anilines is 1. The van der Waals surface area contributed by atoms with Crippen LogP contribution < -0.4 is 10.2 Å². The molecule has 1 aliphatic rings. The van der Waals surface area contributed by atoms with Gasteiger partial charge in [-0.25, -0.2) is 4.39 Å². The van der Waals surface area contributed by atoms with Gasteiger partial charge in [0.1, 0.15) is 11.9 Å². The van der Waals surface area contributed by atoms with Crippen molar-refractivity contribution >= 4 is 40.1 Å². The van der Waals surface area contributed by atoms with Crippen LogP contribution in [0.2, 0.25) is 0 Å². The fourth-order valence-corrected chi connectivity index (χ4v) is 2.92. The van der Waals surface area contributed by atoms with Crippen LogP contribution in [-0.2, 0) is 9.59 Å². The predicted molar refractivity (Wildman–Crippen MR) is 78.2 cm³/mol. The minimum Gasteiger partial charge on any atom is -0.345 e. The van der Waals surface area contributed by atoms with Crippen LogP contribution in [0.4, 0.5) is 10.1 Å². The van der Waals surface area contributed by atoms with Crippen molar-refractivity contribution < 1.29 is 14.0 Å². The number of piperazine rings is 1. The van der Waals surface area contributed by atoms with Gasteiger partial charge in [0, 0.05) is 3.57 Å². The van der Waals surface area contributed by atoms with Crippen LogP contribution in [0.1, 0.15) is 13.8 Å². The first-order chi connectivity index (χ1) is 8.91. The summed E-state index contributed by atoms with van der Waals surface area (Å²) in [4.78, 5) is 25.5. The molecule has 2 rings (SSSR count). The average molecular weight is 376 g/mol. The lowest BCUT2D eigenvalue weighted by molar-refractivity contribution is -0.131. The molecular weight excluding hydrogens is 362 g/mol. The number of rotatable bonds is 2. The molecule has 19 heavy (non-hydrogen) atoms. The van der Waals surface area contributed by atoms with E-state index in [1.165, 1.54) is 17.0 Å². The number of amides is 2. The highest BCUT2D eigenvalue weighted by Gasteiger charge is 2.38. The lowest BCUT2D eigenvalue weighted by Gasteiger charge is -2.37. The lowest BCUT2D eigenvalue weighted by atomic mass is 9.98. The molecule has 1 heterocycles. The summed E-state index contributed by atoms with van der Waals surface area (Å²) >= 11 is 1.97. The summed E-state index contributed by atoms with van der Waals surface area (Å²) < 4.78 is 13.8. The van der Waals surface area contributed by atoms with Gasteiger partial charge >= 0.3 is 0 Å². The zero-order valence-corrected chi connectivity index (χ0v) is 12.8. The Kier molecular flexibility index (Phi) is 4.07. The van der Waals surface area contributed by atoms with Gasteiger partial charge in [0.2, 0.25) is 11.8 Å². The summed E-state index contributed by atoms with van der Waals surface area (Å²) in [5, 5.41) is 2.59. The van der Waals surface area contributed by atoms with E-state index in [0.29, 0.717) is 9.26 Å². The number of carbonyl (C=O) groups is 2. The van der Waals surface area contributed by atoms with Crippen LogP contribution in [0.25, 0.3) is 0 Å². The van der Waals surface area contributed by atoms with Gasteiger partial charge in [0.25, 0.3) is 0 Å². The third-order valence-corrected chi connectivity index (χ3v) is 3.89. The molecule has 4 nitrogen and oxygen atoms in total. The molecule has 6 heteroatoms. The first kappa shape index (κ1) is 14.2. The smallest absolute Gasteiger partial charge is 0.247 e. The third kappa shape index (κ3) is 2.72. The lowest BCUT2D eigenvalue weighted by Crippen LogP contribution is -2.60. The van der Waals surface area contributed by atoms with Crippen LogP contribution in [0.5, 0.6) is 0 Å². The molecule has 1 aromatic rings. The van der Waals surface area contributed by atoms with Crippen LogP contribution in [-0.4, -0.2) is 24.4 Å². The molecular formula is C13H14FIN2O2. The summed E-state index contributed by atoms with van der Waals surface area (Å²) in [6.45, 7) is 3.74. The second kappa shape index (κ2) is 5.44. The largest absolute Gasteiger partial charge is 0.345 e. The second-order valence-corrected chi connectivity index (χ2v) is 5.93. The molecule has 1 aliphatic heterocycles. The van der Waals surface area contributed by atoms with E-state index in [9.17, 15) is 14.0 Å². The molecule has 0 aliphatic carbocycles. The highest BCUT2D eigenvalue weighted by molar-refractivity contribution is 14.1. The Bertz CT molecular complexity index is 533. The zero-order chi connectivity index (χ0) is 14.2. The summed E-state index contributed by atoms with van der Waals surface area (Å²) in [7, 11) is 0. The Balaban J connectivity index is 2.48. The van der Waals surface area contributed by atoms with E-state index in [-0.39, 0.29) is 30.1 Å². The van der Waals surface area contributed by atoms with Crippen molar-refractivity contribution in [1.29, 1.82) is 0 Å². The quantitative estimate of drug-likeness (QED) is 0.802. The Hall–Kier alpha value is -1.18. The molecule has 1 saturated heterocycles. The Morgan fingerprint density at radius 2 is 2.11 bits per heavy atom. The summed E-state index contributed by atoms with van der Waals surface area (Å²) in [6, 6.07) is 3.64. The van der Waals surface area contributed by atoms with Crippen molar-refractivity contribution in [3.63, 3.8) is 0 Å². The molecule has 102 valence electrons. The van der Waals surface area contributed by atoms with Gasteiger partial charge in [0.15, 0.2) is 0 Å². The van der Waals surface area contributed by atoms with Gasteiger partial charge in [-0.05, 0) is 46.7 Å². The Morgan fingerprint density at radius 1 is 1.42 bits per heavy atom. The summed E-state index contributed by atoms with van der Waals surface area (Å²) in [5.41, 5.74) is 0.584. The molecule has 0 saturated carbocycles. The van der Waals surface area contributed by atoms with E-state index in [1.54, 1.807) is 6.07 Å². The first-order valence-corrected chi connectivity index (χ1v) is 7.04. The number of nitrogens with one attached hydrogen (secondary N) is 1. The van der Waals surface area contributed by atoms with Gasteiger partial charge in [0.05, 0.1) is 12.2 Å². The number of hydrogen-bond donors (Lipinski definition) is 1. The van der Waals surface area contributed by atoms with Gasteiger partial charge < -0.3 is 5.32 Å².